The van der Waals surface area contributed by atoms with Crippen molar-refractivity contribution in [2.75, 3.05) is 26.7 Å². The molecule has 15 heavy (non-hydrogen) atoms. The van der Waals surface area contributed by atoms with Gasteiger partial charge in [-0.1, -0.05) is 12.8 Å². The Labute approximate surface area is 91.6 Å². The third-order valence-electron chi connectivity index (χ3n) is 3.08. The van der Waals surface area contributed by atoms with Crippen LogP contribution < -0.4 is 5.32 Å². The Bertz CT molecular complexity index is 189. The smallest absolute Gasteiger partial charge is 0.320 e. The molecule has 0 spiro atoms. The van der Waals surface area contributed by atoms with E-state index in [1.165, 1.54) is 25.7 Å². The highest BCUT2D eigenvalue weighted by Crippen LogP contribution is 2.10. The minimum atomic E-state index is -0.743. The van der Waals surface area contributed by atoms with Crippen molar-refractivity contribution in [3.63, 3.8) is 0 Å². The highest BCUT2D eigenvalue weighted by molar-refractivity contribution is 5.73. The van der Waals surface area contributed by atoms with E-state index in [1.807, 2.05) is 0 Å². The Kier molecular flexibility index (Phi) is 5.65. The molecule has 1 atom stereocenters. The van der Waals surface area contributed by atoms with Crippen molar-refractivity contribution >= 4 is 5.97 Å². The number of nitrogens with zero attached hydrogens (tertiary/aromatic N) is 1. The van der Waals surface area contributed by atoms with Gasteiger partial charge >= 0.3 is 5.97 Å². The average Bonchev–Trinajstić information content (AvgIpc) is 2.46. The average molecular weight is 214 g/mol. The van der Waals surface area contributed by atoms with E-state index in [1.54, 1.807) is 7.05 Å². The van der Waals surface area contributed by atoms with E-state index in [-0.39, 0.29) is 0 Å². The lowest BCUT2D eigenvalue weighted by molar-refractivity contribution is -0.139. The van der Waals surface area contributed by atoms with Gasteiger partial charge in [0.15, 0.2) is 0 Å². The first-order valence-electron chi connectivity index (χ1n) is 5.86. The SMILES string of the molecule is CNC(CCN1CCCCCC1)C(=O)O. The lowest BCUT2D eigenvalue weighted by Gasteiger charge is -2.21. The molecule has 0 aromatic rings. The number of likely N-dealkylation sites (tertiary alicyclic amines) is 1. The topological polar surface area (TPSA) is 52.6 Å². The predicted molar refractivity (Wildman–Crippen MR) is 60.0 cm³/mol. The van der Waals surface area contributed by atoms with Crippen molar-refractivity contribution in [1.29, 1.82) is 0 Å². The molecule has 1 unspecified atom stereocenters. The van der Waals surface area contributed by atoms with Gasteiger partial charge in [-0.25, -0.2) is 0 Å². The van der Waals surface area contributed by atoms with Crippen LogP contribution in [0.25, 0.3) is 0 Å². The summed E-state index contributed by atoms with van der Waals surface area (Å²) in [6.45, 7) is 3.17. The van der Waals surface area contributed by atoms with Crippen LogP contribution in [0.5, 0.6) is 0 Å². The van der Waals surface area contributed by atoms with Gasteiger partial charge in [-0.3, -0.25) is 4.79 Å². The molecule has 1 rings (SSSR count). The second-order valence-corrected chi connectivity index (χ2v) is 4.22. The number of rotatable bonds is 5. The molecule has 88 valence electrons. The number of carbonyl (C=O) groups is 1. The van der Waals surface area contributed by atoms with Crippen LogP contribution >= 0.6 is 0 Å². The van der Waals surface area contributed by atoms with Crippen LogP contribution in [-0.2, 0) is 4.79 Å². The lowest BCUT2D eigenvalue weighted by Crippen LogP contribution is -2.38. The molecule has 2 N–H and O–H groups in total. The number of likely N-dealkylation sites (N-methyl/N-ethyl adjacent to an activating group) is 1. The third kappa shape index (κ3) is 4.62. The fraction of sp³-hybridized carbons (Fsp3) is 0.909. The Hall–Kier alpha value is -0.610. The van der Waals surface area contributed by atoms with Crippen molar-refractivity contribution in [3.05, 3.63) is 0 Å². The summed E-state index contributed by atoms with van der Waals surface area (Å²) in [4.78, 5) is 13.2. The van der Waals surface area contributed by atoms with Crippen LogP contribution in [0.2, 0.25) is 0 Å². The fourth-order valence-corrected chi connectivity index (χ4v) is 2.06. The first kappa shape index (κ1) is 12.5. The van der Waals surface area contributed by atoms with Crippen LogP contribution in [0.15, 0.2) is 0 Å². The minimum absolute atomic E-state index is 0.395. The van der Waals surface area contributed by atoms with Gasteiger partial charge in [0.25, 0.3) is 0 Å². The number of carboxylic acids is 1. The van der Waals surface area contributed by atoms with Crippen LogP contribution in [0, 0.1) is 0 Å². The lowest BCUT2D eigenvalue weighted by atomic mass is 10.2. The van der Waals surface area contributed by atoms with E-state index in [4.69, 9.17) is 5.11 Å². The molecule has 1 heterocycles. The minimum Gasteiger partial charge on any atom is -0.480 e. The van der Waals surface area contributed by atoms with Crippen LogP contribution in [0.4, 0.5) is 0 Å². The first-order chi connectivity index (χ1) is 7.24. The second-order valence-electron chi connectivity index (χ2n) is 4.22. The number of aliphatic carboxylic acids is 1. The molecule has 0 aromatic heterocycles. The van der Waals surface area contributed by atoms with Crippen LogP contribution in [0.1, 0.15) is 32.1 Å². The van der Waals surface area contributed by atoms with Crippen molar-refractivity contribution in [2.24, 2.45) is 0 Å². The zero-order chi connectivity index (χ0) is 11.1. The Balaban J connectivity index is 2.24. The van der Waals surface area contributed by atoms with Gasteiger partial charge in [0.2, 0.25) is 0 Å². The van der Waals surface area contributed by atoms with Gasteiger partial charge in [-0.2, -0.15) is 0 Å². The summed E-state index contributed by atoms with van der Waals surface area (Å²) in [5.41, 5.74) is 0. The number of hydrogen-bond donors (Lipinski definition) is 2. The van der Waals surface area contributed by atoms with Crippen molar-refractivity contribution in [2.45, 2.75) is 38.1 Å². The van der Waals surface area contributed by atoms with Gasteiger partial charge in [0.1, 0.15) is 6.04 Å². The van der Waals surface area contributed by atoms with Crippen LogP contribution in [-0.4, -0.2) is 48.7 Å². The zero-order valence-electron chi connectivity index (χ0n) is 9.54. The molecule has 1 aliphatic heterocycles. The molecule has 0 aliphatic carbocycles. The summed E-state index contributed by atoms with van der Waals surface area (Å²) in [5, 5.41) is 11.7. The summed E-state index contributed by atoms with van der Waals surface area (Å²) in [6.07, 6.45) is 5.87. The number of nitrogens with one attached hydrogen (secondary N) is 1. The molecule has 1 aliphatic rings. The number of carboxylic acid groups (broad SMARTS) is 1. The molecular weight excluding hydrogens is 192 g/mol. The predicted octanol–water partition coefficient (Wildman–Crippen LogP) is 0.925. The largest absolute Gasteiger partial charge is 0.480 e. The Morgan fingerprint density at radius 1 is 1.33 bits per heavy atom. The van der Waals surface area contributed by atoms with E-state index < -0.39 is 12.0 Å². The molecule has 1 saturated heterocycles. The van der Waals surface area contributed by atoms with Gasteiger partial charge < -0.3 is 15.3 Å². The normalized spacial score (nSPS) is 20.9. The monoisotopic (exact) mass is 214 g/mol. The second kappa shape index (κ2) is 6.80. The highest BCUT2D eigenvalue weighted by Gasteiger charge is 2.16. The maximum Gasteiger partial charge on any atom is 0.320 e. The number of hydrogen-bond acceptors (Lipinski definition) is 3. The third-order valence-corrected chi connectivity index (χ3v) is 3.08. The van der Waals surface area contributed by atoms with Gasteiger partial charge in [0, 0.05) is 6.54 Å². The van der Waals surface area contributed by atoms with Crippen molar-refractivity contribution in [1.82, 2.24) is 10.2 Å². The highest BCUT2D eigenvalue weighted by atomic mass is 16.4. The molecule has 4 heteroatoms. The maximum absolute atomic E-state index is 10.8. The molecule has 0 radical (unpaired) electrons. The van der Waals surface area contributed by atoms with Gasteiger partial charge in [-0.15, -0.1) is 0 Å². The first-order valence-corrected chi connectivity index (χ1v) is 5.86. The Morgan fingerprint density at radius 2 is 1.93 bits per heavy atom. The van der Waals surface area contributed by atoms with Crippen molar-refractivity contribution < 1.29 is 9.90 Å². The Morgan fingerprint density at radius 3 is 2.40 bits per heavy atom. The molecule has 0 aromatic carbocycles. The van der Waals surface area contributed by atoms with Gasteiger partial charge in [-0.05, 0) is 39.4 Å². The standard InChI is InChI=1S/C11H22N2O2/c1-12-10(11(14)15)6-9-13-7-4-2-3-5-8-13/h10,12H,2-9H2,1H3,(H,14,15). The van der Waals surface area contributed by atoms with E-state index in [0.717, 1.165) is 19.6 Å². The quantitative estimate of drug-likeness (QED) is 0.714. The molecule has 0 saturated carbocycles. The molecule has 0 bridgehead atoms. The summed E-state index contributed by atoms with van der Waals surface area (Å²) >= 11 is 0. The van der Waals surface area contributed by atoms with Crippen LogP contribution in [0.3, 0.4) is 0 Å². The summed E-state index contributed by atoms with van der Waals surface area (Å²) < 4.78 is 0. The zero-order valence-corrected chi connectivity index (χ0v) is 9.54. The van der Waals surface area contributed by atoms with E-state index >= 15 is 0 Å². The van der Waals surface area contributed by atoms with E-state index in [0.29, 0.717) is 6.42 Å². The van der Waals surface area contributed by atoms with Crippen molar-refractivity contribution in [3.8, 4) is 0 Å². The van der Waals surface area contributed by atoms with E-state index in [2.05, 4.69) is 10.2 Å². The molecule has 4 nitrogen and oxygen atoms in total. The molecule has 1 fully saturated rings. The summed E-state index contributed by atoms with van der Waals surface area (Å²) in [7, 11) is 1.71. The van der Waals surface area contributed by atoms with Gasteiger partial charge in [0.05, 0.1) is 0 Å². The maximum atomic E-state index is 10.8. The summed E-state index contributed by atoms with van der Waals surface area (Å²) in [6, 6.07) is -0.395. The molecule has 0 amide bonds. The van der Waals surface area contributed by atoms with E-state index in [9.17, 15) is 4.79 Å². The fourth-order valence-electron chi connectivity index (χ4n) is 2.06. The molecular formula is C11H22N2O2. The summed E-state index contributed by atoms with van der Waals surface area (Å²) in [5.74, 6) is -0.743.